The molecule has 0 radical (unpaired) electrons. The van der Waals surface area contributed by atoms with Crippen LogP contribution in [0.2, 0.25) is 0 Å². The van der Waals surface area contributed by atoms with Crippen molar-refractivity contribution in [3.8, 4) is 5.06 Å². The number of fused-ring (bicyclic) bond motifs is 2. The Balaban J connectivity index is 1.87. The van der Waals surface area contributed by atoms with Crippen LogP contribution in [0.15, 0.2) is 12.1 Å². The molecule has 0 aliphatic carbocycles. The number of methoxy groups -OCH3 is 1. The highest BCUT2D eigenvalue weighted by molar-refractivity contribution is 7.13. The minimum absolute atomic E-state index is 0.298. The number of aliphatic hydroxyl groups excluding tert-OH is 1. The van der Waals surface area contributed by atoms with Crippen molar-refractivity contribution in [2.24, 2.45) is 5.92 Å². The molecule has 2 saturated heterocycles. The molecule has 2 aliphatic heterocycles. The van der Waals surface area contributed by atoms with E-state index in [-0.39, 0.29) is 0 Å². The van der Waals surface area contributed by atoms with Crippen LogP contribution in [0.5, 0.6) is 5.06 Å². The maximum absolute atomic E-state index is 9.77. The van der Waals surface area contributed by atoms with Crippen molar-refractivity contribution in [3.05, 3.63) is 17.0 Å². The highest BCUT2D eigenvalue weighted by Gasteiger charge is 2.45. The van der Waals surface area contributed by atoms with Crippen LogP contribution >= 0.6 is 11.3 Å². The smallest absolute Gasteiger partial charge is 0.173 e. The first-order valence-corrected chi connectivity index (χ1v) is 7.52. The first-order valence-electron chi connectivity index (χ1n) is 6.71. The number of hydrogen-bond donors (Lipinski definition) is 1. The molecule has 3 heterocycles. The van der Waals surface area contributed by atoms with Gasteiger partial charge < -0.3 is 14.7 Å². The molecule has 0 amide bonds. The van der Waals surface area contributed by atoms with Gasteiger partial charge in [0, 0.05) is 35.4 Å². The van der Waals surface area contributed by atoms with Crippen molar-refractivity contribution in [2.45, 2.75) is 37.3 Å². The Morgan fingerprint density at radius 2 is 2.28 bits per heavy atom. The summed E-state index contributed by atoms with van der Waals surface area (Å²) in [6.45, 7) is 0.298. The molecule has 0 spiro atoms. The van der Waals surface area contributed by atoms with Gasteiger partial charge in [-0.1, -0.05) is 0 Å². The summed E-state index contributed by atoms with van der Waals surface area (Å²) in [5.74, 6) is 0.898. The molecule has 3 nitrogen and oxygen atoms in total. The van der Waals surface area contributed by atoms with Crippen molar-refractivity contribution in [2.75, 3.05) is 20.8 Å². The van der Waals surface area contributed by atoms with Gasteiger partial charge in [-0.05, 0) is 38.4 Å². The van der Waals surface area contributed by atoms with Gasteiger partial charge in [0.05, 0.1) is 7.11 Å². The van der Waals surface area contributed by atoms with E-state index in [4.69, 9.17) is 4.74 Å². The highest BCUT2D eigenvalue weighted by Crippen LogP contribution is 2.48. The molecule has 4 unspecified atom stereocenters. The molecule has 1 aromatic rings. The molecule has 4 atom stereocenters. The third-order valence-corrected chi connectivity index (χ3v) is 5.99. The van der Waals surface area contributed by atoms with Gasteiger partial charge in [0.2, 0.25) is 0 Å². The summed E-state index contributed by atoms with van der Waals surface area (Å²) in [6, 6.07) is 5.50. The van der Waals surface area contributed by atoms with Crippen LogP contribution in [0, 0.1) is 5.92 Å². The number of aliphatic hydroxyl groups is 1. The lowest BCUT2D eigenvalue weighted by Crippen LogP contribution is -2.46. The lowest BCUT2D eigenvalue weighted by Gasteiger charge is -2.42. The summed E-state index contributed by atoms with van der Waals surface area (Å²) in [5.41, 5.74) is 0. The number of nitrogens with zero attached hydrogens (tertiary/aromatic N) is 1. The number of ether oxygens (including phenoxy) is 1. The molecule has 18 heavy (non-hydrogen) atoms. The fourth-order valence-corrected chi connectivity index (χ4v) is 4.81. The van der Waals surface area contributed by atoms with E-state index in [0.29, 0.717) is 30.5 Å². The van der Waals surface area contributed by atoms with Crippen molar-refractivity contribution in [1.82, 2.24) is 4.90 Å². The Hall–Kier alpha value is -0.580. The maximum atomic E-state index is 9.77. The molecule has 3 rings (SSSR count). The van der Waals surface area contributed by atoms with Crippen molar-refractivity contribution >= 4 is 11.3 Å². The van der Waals surface area contributed by atoms with Crippen molar-refractivity contribution in [3.63, 3.8) is 0 Å². The number of rotatable bonds is 3. The van der Waals surface area contributed by atoms with Gasteiger partial charge in [-0.3, -0.25) is 0 Å². The summed E-state index contributed by atoms with van der Waals surface area (Å²) >= 11 is 1.74. The molecule has 0 saturated carbocycles. The molecule has 2 bridgehead atoms. The monoisotopic (exact) mass is 267 g/mol. The molecule has 4 heteroatoms. The summed E-state index contributed by atoms with van der Waals surface area (Å²) in [6.07, 6.45) is 3.71. The van der Waals surface area contributed by atoms with Gasteiger partial charge in [-0.2, -0.15) is 0 Å². The molecule has 100 valence electrons. The largest absolute Gasteiger partial charge is 0.487 e. The van der Waals surface area contributed by atoms with Gasteiger partial charge in [0.1, 0.15) is 0 Å². The fraction of sp³-hybridized carbons (Fsp3) is 0.714. The SMILES string of the molecule is COc1ccc(C2CC3CCC(C2CO)N3C)s1. The van der Waals surface area contributed by atoms with Crippen LogP contribution in [0.25, 0.3) is 0 Å². The summed E-state index contributed by atoms with van der Waals surface area (Å²) in [4.78, 5) is 3.87. The van der Waals surface area contributed by atoms with Gasteiger partial charge in [0.15, 0.2) is 5.06 Å². The minimum Gasteiger partial charge on any atom is -0.487 e. The number of thiophene rings is 1. The molecule has 2 aliphatic rings. The zero-order valence-corrected chi connectivity index (χ0v) is 11.8. The lowest BCUT2D eigenvalue weighted by molar-refractivity contribution is 0.0602. The number of hydrogen-bond acceptors (Lipinski definition) is 4. The van der Waals surface area contributed by atoms with E-state index in [1.807, 2.05) is 0 Å². The third kappa shape index (κ3) is 1.87. The zero-order chi connectivity index (χ0) is 12.7. The summed E-state index contributed by atoms with van der Waals surface area (Å²) in [5, 5.41) is 10.8. The van der Waals surface area contributed by atoms with Gasteiger partial charge in [-0.15, -0.1) is 11.3 Å². The first kappa shape index (κ1) is 12.5. The Morgan fingerprint density at radius 1 is 1.44 bits per heavy atom. The predicted molar refractivity (Wildman–Crippen MR) is 73.4 cm³/mol. The average Bonchev–Trinajstić information content (AvgIpc) is 2.93. The Morgan fingerprint density at radius 3 is 2.94 bits per heavy atom. The van der Waals surface area contributed by atoms with Crippen LogP contribution < -0.4 is 4.74 Å². The van der Waals surface area contributed by atoms with Crippen LogP contribution in [-0.4, -0.2) is 42.9 Å². The van der Waals surface area contributed by atoms with Crippen molar-refractivity contribution in [1.29, 1.82) is 0 Å². The van der Waals surface area contributed by atoms with Crippen LogP contribution in [0.4, 0.5) is 0 Å². The lowest BCUT2D eigenvalue weighted by atomic mass is 9.80. The van der Waals surface area contributed by atoms with Gasteiger partial charge in [-0.25, -0.2) is 0 Å². The van der Waals surface area contributed by atoms with Crippen LogP contribution in [0.3, 0.4) is 0 Å². The molecule has 1 aromatic heterocycles. The molecular weight excluding hydrogens is 246 g/mol. The molecular formula is C14H21NO2S. The van der Waals surface area contributed by atoms with E-state index in [9.17, 15) is 5.11 Å². The Labute approximate surface area is 112 Å². The standard InChI is InChI=1S/C14H21NO2S/c1-15-9-3-4-12(15)11(8-16)10(7-9)13-5-6-14(17-2)18-13/h5-6,9-12,16H,3-4,7-8H2,1-2H3. The van der Waals surface area contributed by atoms with E-state index in [1.54, 1.807) is 18.4 Å². The second-order valence-electron chi connectivity index (χ2n) is 5.51. The van der Waals surface area contributed by atoms with Gasteiger partial charge in [0.25, 0.3) is 0 Å². The van der Waals surface area contributed by atoms with E-state index in [1.165, 1.54) is 24.1 Å². The zero-order valence-electron chi connectivity index (χ0n) is 11.0. The summed E-state index contributed by atoms with van der Waals surface area (Å²) in [7, 11) is 3.94. The fourth-order valence-electron chi connectivity index (χ4n) is 3.80. The molecule has 1 N–H and O–H groups in total. The predicted octanol–water partition coefficient (Wildman–Crippen LogP) is 2.32. The topological polar surface area (TPSA) is 32.7 Å². The second-order valence-corrected chi connectivity index (χ2v) is 6.59. The van der Waals surface area contributed by atoms with Crippen molar-refractivity contribution < 1.29 is 9.84 Å². The molecule has 0 aromatic carbocycles. The van der Waals surface area contributed by atoms with E-state index in [0.717, 1.165) is 5.06 Å². The normalized spacial score (nSPS) is 35.9. The Kier molecular flexibility index (Phi) is 3.34. The van der Waals surface area contributed by atoms with Crippen LogP contribution in [0.1, 0.15) is 30.1 Å². The highest BCUT2D eigenvalue weighted by atomic mass is 32.1. The number of piperidine rings is 1. The van der Waals surface area contributed by atoms with Crippen LogP contribution in [-0.2, 0) is 0 Å². The van der Waals surface area contributed by atoms with E-state index < -0.39 is 0 Å². The minimum atomic E-state index is 0.298. The molecule has 2 fully saturated rings. The third-order valence-electron chi connectivity index (χ3n) is 4.81. The Bertz CT molecular complexity index is 420. The van der Waals surface area contributed by atoms with E-state index in [2.05, 4.69) is 24.1 Å². The maximum Gasteiger partial charge on any atom is 0.173 e. The average molecular weight is 267 g/mol. The van der Waals surface area contributed by atoms with Gasteiger partial charge >= 0.3 is 0 Å². The van der Waals surface area contributed by atoms with E-state index >= 15 is 0 Å². The summed E-state index contributed by atoms with van der Waals surface area (Å²) < 4.78 is 5.29. The first-order chi connectivity index (χ1) is 8.74. The quantitative estimate of drug-likeness (QED) is 0.912. The second kappa shape index (κ2) is 4.83.